The van der Waals surface area contributed by atoms with Crippen molar-refractivity contribution in [2.24, 2.45) is 5.73 Å². The molecule has 1 amide bonds. The van der Waals surface area contributed by atoms with Crippen molar-refractivity contribution in [3.05, 3.63) is 41.5 Å². The summed E-state index contributed by atoms with van der Waals surface area (Å²) in [5, 5.41) is 9.12. The minimum Gasteiger partial charge on any atom is -0.347 e. The normalized spacial score (nSPS) is 12.8. The van der Waals surface area contributed by atoms with E-state index in [4.69, 9.17) is 5.73 Å². The number of para-hydroxylation sites is 1. The van der Waals surface area contributed by atoms with Gasteiger partial charge in [0.15, 0.2) is 11.4 Å². The number of hydrogen-bond acceptors (Lipinski definition) is 4. The van der Waals surface area contributed by atoms with Crippen molar-refractivity contribution < 1.29 is 22.4 Å². The van der Waals surface area contributed by atoms with Gasteiger partial charge in [0.25, 0.3) is 5.91 Å². The van der Waals surface area contributed by atoms with E-state index >= 15 is 0 Å². The van der Waals surface area contributed by atoms with Crippen LogP contribution in [0.15, 0.2) is 24.3 Å². The number of carbonyl (C=O) groups excluding carboxylic acids is 1. The highest BCUT2D eigenvalue weighted by Crippen LogP contribution is 2.33. The Labute approximate surface area is 147 Å². The maximum Gasteiger partial charge on any atom is 0.435 e. The maximum absolute atomic E-state index is 13.9. The van der Waals surface area contributed by atoms with Crippen LogP contribution in [0.1, 0.15) is 42.4 Å². The number of nitrogens with one attached hydrogen (secondary N) is 1. The quantitative estimate of drug-likeness (QED) is 0.731. The smallest absolute Gasteiger partial charge is 0.347 e. The van der Waals surface area contributed by atoms with E-state index in [0.717, 1.165) is 25.0 Å². The van der Waals surface area contributed by atoms with Crippen LogP contribution in [0.4, 0.5) is 17.6 Å². The molecular weight excluding hydrogens is 354 g/mol. The minimum atomic E-state index is -4.96. The molecule has 1 heterocycles. The van der Waals surface area contributed by atoms with Gasteiger partial charge in [0.05, 0.1) is 0 Å². The summed E-state index contributed by atoms with van der Waals surface area (Å²) in [5.41, 5.74) is 2.74. The van der Waals surface area contributed by atoms with Crippen LogP contribution in [-0.4, -0.2) is 33.5 Å². The molecule has 0 saturated carbocycles. The lowest BCUT2D eigenvalue weighted by atomic mass is 10.1. The number of nitrogens with zero attached hydrogens (tertiary/aromatic N) is 3. The summed E-state index contributed by atoms with van der Waals surface area (Å²) in [4.78, 5) is 12.3. The van der Waals surface area contributed by atoms with Gasteiger partial charge in [-0.05, 0) is 18.6 Å². The third kappa shape index (κ3) is 4.37. The lowest BCUT2D eigenvalue weighted by molar-refractivity contribution is -0.143. The summed E-state index contributed by atoms with van der Waals surface area (Å²) in [6, 6.07) is 4.31. The zero-order valence-corrected chi connectivity index (χ0v) is 14.1. The number of aromatic nitrogens is 3. The van der Waals surface area contributed by atoms with Crippen molar-refractivity contribution in [3.63, 3.8) is 0 Å². The van der Waals surface area contributed by atoms with Crippen LogP contribution in [0.25, 0.3) is 5.69 Å². The highest BCUT2D eigenvalue weighted by molar-refractivity contribution is 5.93. The van der Waals surface area contributed by atoms with Gasteiger partial charge < -0.3 is 11.1 Å². The van der Waals surface area contributed by atoms with E-state index in [2.05, 4.69) is 15.6 Å². The first-order chi connectivity index (χ1) is 12.3. The highest BCUT2D eigenvalue weighted by atomic mass is 19.4. The molecule has 142 valence electrons. The summed E-state index contributed by atoms with van der Waals surface area (Å²) in [6.45, 7) is 2.02. The Morgan fingerprint density at radius 2 is 2.04 bits per heavy atom. The Morgan fingerprint density at radius 1 is 1.35 bits per heavy atom. The number of benzene rings is 1. The largest absolute Gasteiger partial charge is 0.435 e. The Morgan fingerprint density at radius 3 is 2.62 bits per heavy atom. The number of hydrogen-bond donors (Lipinski definition) is 2. The molecule has 0 aliphatic rings. The molecule has 1 unspecified atom stereocenters. The summed E-state index contributed by atoms with van der Waals surface area (Å²) in [6.07, 6.45) is -2.82. The number of amides is 1. The average molecular weight is 373 g/mol. The number of nitrogens with two attached hydrogens (primary N) is 1. The molecule has 0 fully saturated rings. The standard InChI is InChI=1S/C16H19F4N5O/c1-2-3-6-10(9-21)22-15(26)13-14(16(18,19)20)25(24-23-13)12-8-5-4-7-11(12)17/h4-5,7-8,10H,2-3,6,9,21H2,1H3,(H,22,26). The topological polar surface area (TPSA) is 85.8 Å². The first kappa shape index (κ1) is 19.8. The molecule has 2 rings (SSSR count). The molecule has 0 aliphatic carbocycles. The third-order valence-electron chi connectivity index (χ3n) is 3.76. The minimum absolute atomic E-state index is 0.0779. The molecule has 26 heavy (non-hydrogen) atoms. The van der Waals surface area contributed by atoms with Gasteiger partial charge in [-0.2, -0.15) is 13.2 Å². The Hall–Kier alpha value is -2.49. The molecule has 0 spiro atoms. The summed E-state index contributed by atoms with van der Waals surface area (Å²) >= 11 is 0. The monoisotopic (exact) mass is 373 g/mol. The molecule has 10 heteroatoms. The van der Waals surface area contributed by atoms with Gasteiger partial charge in [0.2, 0.25) is 0 Å². The average Bonchev–Trinajstić information content (AvgIpc) is 3.04. The van der Waals surface area contributed by atoms with Gasteiger partial charge in [0.1, 0.15) is 11.5 Å². The van der Waals surface area contributed by atoms with E-state index in [0.29, 0.717) is 6.42 Å². The van der Waals surface area contributed by atoms with Crippen molar-refractivity contribution in [1.82, 2.24) is 20.3 Å². The van der Waals surface area contributed by atoms with Gasteiger partial charge in [0, 0.05) is 12.6 Å². The van der Waals surface area contributed by atoms with Crippen LogP contribution in [0.2, 0.25) is 0 Å². The van der Waals surface area contributed by atoms with Gasteiger partial charge in [-0.25, -0.2) is 9.07 Å². The lowest BCUT2D eigenvalue weighted by Crippen LogP contribution is -2.41. The molecule has 6 nitrogen and oxygen atoms in total. The van der Waals surface area contributed by atoms with Crippen LogP contribution < -0.4 is 11.1 Å². The first-order valence-corrected chi connectivity index (χ1v) is 8.08. The second kappa shape index (κ2) is 8.26. The zero-order valence-electron chi connectivity index (χ0n) is 14.1. The van der Waals surface area contributed by atoms with Gasteiger partial charge in [-0.15, -0.1) is 5.10 Å². The molecule has 1 aromatic carbocycles. The first-order valence-electron chi connectivity index (χ1n) is 8.08. The van der Waals surface area contributed by atoms with E-state index in [-0.39, 0.29) is 11.2 Å². The molecule has 3 N–H and O–H groups in total. The predicted octanol–water partition coefficient (Wildman–Crippen LogP) is 2.67. The highest BCUT2D eigenvalue weighted by Gasteiger charge is 2.42. The van der Waals surface area contributed by atoms with Crippen LogP contribution in [0.5, 0.6) is 0 Å². The maximum atomic E-state index is 13.9. The molecular formula is C16H19F4N5O. The van der Waals surface area contributed by atoms with Crippen molar-refractivity contribution in [1.29, 1.82) is 0 Å². The van der Waals surface area contributed by atoms with Gasteiger partial charge in [-0.1, -0.05) is 37.1 Å². The molecule has 0 bridgehead atoms. The summed E-state index contributed by atoms with van der Waals surface area (Å²) < 4.78 is 54.7. The Kier molecular flexibility index (Phi) is 6.30. The van der Waals surface area contributed by atoms with Gasteiger partial charge >= 0.3 is 6.18 Å². The van der Waals surface area contributed by atoms with E-state index in [1.807, 2.05) is 6.92 Å². The SMILES string of the molecule is CCCCC(CN)NC(=O)c1nnn(-c2ccccc2F)c1C(F)(F)F. The van der Waals surface area contributed by atoms with E-state index in [1.165, 1.54) is 12.1 Å². The lowest BCUT2D eigenvalue weighted by Gasteiger charge is -2.16. The van der Waals surface area contributed by atoms with E-state index < -0.39 is 41.0 Å². The molecule has 2 aromatic rings. The molecule has 1 aromatic heterocycles. The fourth-order valence-corrected chi connectivity index (χ4v) is 2.43. The third-order valence-corrected chi connectivity index (χ3v) is 3.76. The molecule has 0 aliphatic heterocycles. The van der Waals surface area contributed by atoms with Gasteiger partial charge in [-0.3, -0.25) is 4.79 Å². The molecule has 0 saturated heterocycles. The summed E-state index contributed by atoms with van der Waals surface area (Å²) in [5.74, 6) is -1.97. The summed E-state index contributed by atoms with van der Waals surface area (Å²) in [7, 11) is 0. The Bertz CT molecular complexity index is 759. The fourth-order valence-electron chi connectivity index (χ4n) is 2.43. The van der Waals surface area contributed by atoms with Crippen molar-refractivity contribution in [2.45, 2.75) is 38.4 Å². The van der Waals surface area contributed by atoms with Crippen molar-refractivity contribution in [2.75, 3.05) is 6.54 Å². The second-order valence-electron chi connectivity index (χ2n) is 5.70. The van der Waals surface area contributed by atoms with E-state index in [1.54, 1.807) is 0 Å². The van der Waals surface area contributed by atoms with E-state index in [9.17, 15) is 22.4 Å². The predicted molar refractivity (Wildman–Crippen MR) is 86.2 cm³/mol. The number of carbonyl (C=O) groups is 1. The second-order valence-corrected chi connectivity index (χ2v) is 5.70. The van der Waals surface area contributed by atoms with Crippen LogP contribution >= 0.6 is 0 Å². The fraction of sp³-hybridized carbons (Fsp3) is 0.438. The molecule has 1 atom stereocenters. The number of unbranched alkanes of at least 4 members (excludes halogenated alkanes) is 1. The Balaban J connectivity index is 2.41. The molecule has 0 radical (unpaired) electrons. The number of rotatable bonds is 7. The van der Waals surface area contributed by atoms with Crippen LogP contribution in [0, 0.1) is 5.82 Å². The zero-order chi connectivity index (χ0) is 19.3. The van der Waals surface area contributed by atoms with Crippen molar-refractivity contribution in [3.8, 4) is 5.69 Å². The van der Waals surface area contributed by atoms with Crippen molar-refractivity contribution >= 4 is 5.91 Å². The van der Waals surface area contributed by atoms with Crippen LogP contribution in [-0.2, 0) is 6.18 Å². The number of alkyl halides is 3. The number of halogens is 4. The van der Waals surface area contributed by atoms with Crippen LogP contribution in [0.3, 0.4) is 0 Å².